The van der Waals surface area contributed by atoms with E-state index in [1.165, 1.54) is 12.8 Å². The standard InChI is InChI=1S/C9H16O/c1-3-4-7(2)9(10)8-5-6-8/h3,7-10H,1,4-6H2,2H3/t7-,9-/m0/s1. The number of rotatable bonds is 4. The van der Waals surface area contributed by atoms with Gasteiger partial charge in [-0.25, -0.2) is 0 Å². The van der Waals surface area contributed by atoms with Gasteiger partial charge in [0.2, 0.25) is 0 Å². The fraction of sp³-hybridized carbons (Fsp3) is 0.778. The van der Waals surface area contributed by atoms with Crippen molar-refractivity contribution in [2.75, 3.05) is 0 Å². The Bertz CT molecular complexity index is 116. The summed E-state index contributed by atoms with van der Waals surface area (Å²) >= 11 is 0. The Labute approximate surface area is 62.8 Å². The third-order valence-electron chi connectivity index (χ3n) is 2.23. The van der Waals surface area contributed by atoms with Crippen LogP contribution in [0.25, 0.3) is 0 Å². The van der Waals surface area contributed by atoms with Crippen molar-refractivity contribution in [2.45, 2.75) is 32.3 Å². The van der Waals surface area contributed by atoms with E-state index in [-0.39, 0.29) is 6.10 Å². The van der Waals surface area contributed by atoms with Crippen LogP contribution in [-0.4, -0.2) is 11.2 Å². The average Bonchev–Trinajstić information content (AvgIpc) is 2.68. The minimum Gasteiger partial charge on any atom is -0.393 e. The molecule has 0 aliphatic heterocycles. The first-order chi connectivity index (χ1) is 4.75. The van der Waals surface area contributed by atoms with Gasteiger partial charge in [0.25, 0.3) is 0 Å². The first kappa shape index (κ1) is 7.80. The normalized spacial score (nSPS) is 23.8. The summed E-state index contributed by atoms with van der Waals surface area (Å²) in [6.07, 6.45) is 5.21. The maximum atomic E-state index is 9.54. The lowest BCUT2D eigenvalue weighted by Crippen LogP contribution is -2.18. The smallest absolute Gasteiger partial charge is 0.0596 e. The molecule has 0 bridgehead atoms. The molecule has 1 N–H and O–H groups in total. The maximum absolute atomic E-state index is 9.54. The highest BCUT2D eigenvalue weighted by molar-refractivity contribution is 4.86. The fourth-order valence-corrected chi connectivity index (χ4v) is 1.30. The molecule has 58 valence electrons. The Kier molecular flexibility index (Phi) is 2.50. The van der Waals surface area contributed by atoms with Crippen molar-refractivity contribution < 1.29 is 5.11 Å². The highest BCUT2D eigenvalue weighted by Gasteiger charge is 2.32. The van der Waals surface area contributed by atoms with Gasteiger partial charge in [0.1, 0.15) is 0 Å². The molecule has 0 aromatic carbocycles. The van der Waals surface area contributed by atoms with Crippen molar-refractivity contribution in [3.8, 4) is 0 Å². The molecular weight excluding hydrogens is 124 g/mol. The van der Waals surface area contributed by atoms with E-state index in [0.29, 0.717) is 11.8 Å². The van der Waals surface area contributed by atoms with Gasteiger partial charge >= 0.3 is 0 Å². The van der Waals surface area contributed by atoms with E-state index in [0.717, 1.165) is 6.42 Å². The van der Waals surface area contributed by atoms with Crippen LogP contribution >= 0.6 is 0 Å². The zero-order chi connectivity index (χ0) is 7.56. The summed E-state index contributed by atoms with van der Waals surface area (Å²) in [6.45, 7) is 5.74. The molecule has 0 amide bonds. The van der Waals surface area contributed by atoms with Gasteiger partial charge in [-0.1, -0.05) is 13.0 Å². The molecule has 0 radical (unpaired) electrons. The Morgan fingerprint density at radius 3 is 2.70 bits per heavy atom. The molecule has 10 heavy (non-hydrogen) atoms. The average molecular weight is 140 g/mol. The third-order valence-corrected chi connectivity index (χ3v) is 2.23. The minimum atomic E-state index is -0.0713. The van der Waals surface area contributed by atoms with Crippen molar-refractivity contribution in [1.29, 1.82) is 0 Å². The number of hydrogen-bond donors (Lipinski definition) is 1. The SMILES string of the molecule is C=CC[C@H](C)[C@H](O)C1CC1. The van der Waals surface area contributed by atoms with Gasteiger partial charge in [-0.2, -0.15) is 0 Å². The zero-order valence-corrected chi connectivity index (χ0v) is 6.59. The second kappa shape index (κ2) is 3.20. The minimum absolute atomic E-state index is 0.0713. The van der Waals surface area contributed by atoms with Crippen molar-refractivity contribution in [3.63, 3.8) is 0 Å². The second-order valence-electron chi connectivity index (χ2n) is 3.33. The van der Waals surface area contributed by atoms with Crippen molar-refractivity contribution in [2.24, 2.45) is 11.8 Å². The molecule has 1 heteroatoms. The molecule has 1 fully saturated rings. The molecule has 0 aromatic rings. The first-order valence-electron chi connectivity index (χ1n) is 4.04. The highest BCUT2D eigenvalue weighted by Crippen LogP contribution is 2.36. The van der Waals surface area contributed by atoms with Crippen molar-refractivity contribution in [1.82, 2.24) is 0 Å². The molecule has 0 spiro atoms. The Morgan fingerprint density at radius 1 is 1.70 bits per heavy atom. The number of aliphatic hydroxyl groups excluding tert-OH is 1. The van der Waals surface area contributed by atoms with Crippen LogP contribution in [0.2, 0.25) is 0 Å². The van der Waals surface area contributed by atoms with Gasteiger partial charge < -0.3 is 5.11 Å². The predicted molar refractivity (Wildman–Crippen MR) is 42.7 cm³/mol. The molecular formula is C9H16O. The third kappa shape index (κ3) is 1.84. The van der Waals surface area contributed by atoms with E-state index in [9.17, 15) is 5.11 Å². The van der Waals surface area contributed by atoms with Crippen molar-refractivity contribution in [3.05, 3.63) is 12.7 Å². The van der Waals surface area contributed by atoms with Crippen LogP contribution in [0.15, 0.2) is 12.7 Å². The van der Waals surface area contributed by atoms with Crippen LogP contribution < -0.4 is 0 Å². The van der Waals surface area contributed by atoms with E-state index < -0.39 is 0 Å². The van der Waals surface area contributed by atoms with Crippen LogP contribution in [0.4, 0.5) is 0 Å². The molecule has 1 aliphatic rings. The lowest BCUT2D eigenvalue weighted by atomic mass is 9.97. The van der Waals surface area contributed by atoms with Gasteiger partial charge in [0.05, 0.1) is 6.10 Å². The fourth-order valence-electron chi connectivity index (χ4n) is 1.30. The molecule has 0 heterocycles. The molecule has 0 saturated heterocycles. The van der Waals surface area contributed by atoms with Crippen molar-refractivity contribution >= 4 is 0 Å². The summed E-state index contributed by atoms with van der Waals surface area (Å²) < 4.78 is 0. The Balaban J connectivity index is 2.23. The van der Waals surface area contributed by atoms with Gasteiger partial charge in [-0.3, -0.25) is 0 Å². The summed E-state index contributed by atoms with van der Waals surface area (Å²) in [5.74, 6) is 1.01. The maximum Gasteiger partial charge on any atom is 0.0596 e. The number of hydrogen-bond acceptors (Lipinski definition) is 1. The van der Waals surface area contributed by atoms with Gasteiger partial charge in [-0.05, 0) is 31.1 Å². The topological polar surface area (TPSA) is 20.2 Å². The van der Waals surface area contributed by atoms with Gasteiger partial charge in [0.15, 0.2) is 0 Å². The Hall–Kier alpha value is -0.300. The number of aliphatic hydroxyl groups is 1. The van der Waals surface area contributed by atoms with Crippen LogP contribution in [0.1, 0.15) is 26.2 Å². The summed E-state index contributed by atoms with van der Waals surface area (Å²) in [5.41, 5.74) is 0. The van der Waals surface area contributed by atoms with Gasteiger partial charge in [0, 0.05) is 0 Å². The van der Waals surface area contributed by atoms with E-state index >= 15 is 0 Å². The van der Waals surface area contributed by atoms with Crippen LogP contribution in [0.3, 0.4) is 0 Å². The lowest BCUT2D eigenvalue weighted by molar-refractivity contribution is 0.0962. The molecule has 1 nitrogen and oxygen atoms in total. The predicted octanol–water partition coefficient (Wildman–Crippen LogP) is 1.97. The highest BCUT2D eigenvalue weighted by atomic mass is 16.3. The molecule has 1 aliphatic carbocycles. The zero-order valence-electron chi connectivity index (χ0n) is 6.59. The molecule has 1 rings (SSSR count). The second-order valence-corrected chi connectivity index (χ2v) is 3.33. The Morgan fingerprint density at radius 2 is 2.30 bits per heavy atom. The summed E-state index contributed by atoms with van der Waals surface area (Å²) in [7, 11) is 0. The van der Waals surface area contributed by atoms with Crippen LogP contribution in [-0.2, 0) is 0 Å². The molecule has 0 aromatic heterocycles. The van der Waals surface area contributed by atoms with Gasteiger partial charge in [-0.15, -0.1) is 6.58 Å². The first-order valence-corrected chi connectivity index (χ1v) is 4.04. The summed E-state index contributed by atoms with van der Waals surface area (Å²) in [5, 5.41) is 9.54. The van der Waals surface area contributed by atoms with E-state index in [2.05, 4.69) is 13.5 Å². The molecule has 1 saturated carbocycles. The number of allylic oxidation sites excluding steroid dienone is 1. The van der Waals surface area contributed by atoms with Crippen LogP contribution in [0.5, 0.6) is 0 Å². The largest absolute Gasteiger partial charge is 0.393 e. The van der Waals surface area contributed by atoms with Crippen LogP contribution in [0, 0.1) is 11.8 Å². The monoisotopic (exact) mass is 140 g/mol. The quantitative estimate of drug-likeness (QED) is 0.592. The molecule has 0 unspecified atom stereocenters. The lowest BCUT2D eigenvalue weighted by Gasteiger charge is -2.15. The van der Waals surface area contributed by atoms with E-state index in [4.69, 9.17) is 0 Å². The molecule has 2 atom stereocenters. The summed E-state index contributed by atoms with van der Waals surface area (Å²) in [6, 6.07) is 0. The van der Waals surface area contributed by atoms with E-state index in [1.807, 2.05) is 6.08 Å². The summed E-state index contributed by atoms with van der Waals surface area (Å²) in [4.78, 5) is 0. The van der Waals surface area contributed by atoms with E-state index in [1.54, 1.807) is 0 Å².